The van der Waals surface area contributed by atoms with Gasteiger partial charge in [-0.1, -0.05) is 5.21 Å². The molecule has 10 heteroatoms. The number of aromatic nitrogens is 4. The van der Waals surface area contributed by atoms with Crippen LogP contribution in [0.25, 0.3) is 0 Å². The van der Waals surface area contributed by atoms with Gasteiger partial charge in [-0.15, -0.1) is 16.4 Å². The molecule has 0 aromatic carbocycles. The van der Waals surface area contributed by atoms with E-state index < -0.39 is 5.91 Å². The Labute approximate surface area is 148 Å². The third kappa shape index (κ3) is 3.27. The molecule has 0 radical (unpaired) electrons. The quantitative estimate of drug-likeness (QED) is 0.615. The van der Waals surface area contributed by atoms with Crippen LogP contribution in [0.15, 0.2) is 17.8 Å². The number of primary amides is 1. The van der Waals surface area contributed by atoms with Crippen LogP contribution in [-0.2, 0) is 11.3 Å². The topological polar surface area (TPSA) is 120 Å². The summed E-state index contributed by atoms with van der Waals surface area (Å²) in [6.45, 7) is 2.57. The second-order valence-electron chi connectivity index (χ2n) is 6.72. The molecule has 2 aromatic heterocycles. The molecule has 5 rings (SSSR count). The van der Waals surface area contributed by atoms with E-state index in [1.165, 1.54) is 16.2 Å². The third-order valence-electron chi connectivity index (χ3n) is 5.25. The van der Waals surface area contributed by atoms with Crippen LogP contribution in [0.2, 0.25) is 0 Å². The zero-order chi connectivity index (χ0) is 17.4. The highest BCUT2D eigenvalue weighted by molar-refractivity contribution is 7.13. The van der Waals surface area contributed by atoms with Crippen molar-refractivity contribution in [1.82, 2.24) is 20.0 Å². The van der Waals surface area contributed by atoms with Crippen LogP contribution in [0.3, 0.4) is 0 Å². The number of carbonyl (C=O) groups excluding carboxylic acids is 2. The van der Waals surface area contributed by atoms with Crippen LogP contribution in [0.1, 0.15) is 23.3 Å². The van der Waals surface area contributed by atoms with Crippen molar-refractivity contribution in [2.45, 2.75) is 25.4 Å². The molecule has 25 heavy (non-hydrogen) atoms. The Morgan fingerprint density at radius 3 is 3.00 bits per heavy atom. The summed E-state index contributed by atoms with van der Waals surface area (Å²) in [6.07, 6.45) is 5.32. The van der Waals surface area contributed by atoms with Crippen molar-refractivity contribution < 1.29 is 14.5 Å². The van der Waals surface area contributed by atoms with E-state index in [9.17, 15) is 9.59 Å². The lowest BCUT2D eigenvalue weighted by Crippen LogP contribution is -3.20. The number of fused-ring (bicyclic) bond motifs is 3. The molecule has 0 aliphatic carbocycles. The van der Waals surface area contributed by atoms with Gasteiger partial charge < -0.3 is 16.0 Å². The number of piperidine rings is 3. The first-order valence-electron chi connectivity index (χ1n) is 8.35. The van der Waals surface area contributed by atoms with Gasteiger partial charge in [0.1, 0.15) is 6.04 Å². The highest BCUT2D eigenvalue weighted by atomic mass is 32.1. The largest absolute Gasteiger partial charge is 0.364 e. The molecule has 3 saturated heterocycles. The molecule has 0 saturated carbocycles. The molecule has 5 heterocycles. The van der Waals surface area contributed by atoms with Gasteiger partial charge in [-0.25, -0.2) is 9.67 Å². The van der Waals surface area contributed by atoms with Gasteiger partial charge in [0.25, 0.3) is 5.91 Å². The number of thiazole rings is 1. The van der Waals surface area contributed by atoms with Crippen molar-refractivity contribution in [3.8, 4) is 0 Å². The van der Waals surface area contributed by atoms with Crippen LogP contribution in [-0.4, -0.2) is 50.9 Å². The normalized spacial score (nSPS) is 28.0. The molecule has 3 fully saturated rings. The summed E-state index contributed by atoms with van der Waals surface area (Å²) in [5, 5.41) is 13.2. The lowest BCUT2D eigenvalue weighted by atomic mass is 9.75. The highest BCUT2D eigenvalue weighted by Crippen LogP contribution is 2.28. The lowest BCUT2D eigenvalue weighted by molar-refractivity contribution is -0.945. The van der Waals surface area contributed by atoms with E-state index in [2.05, 4.69) is 20.6 Å². The first kappa shape index (κ1) is 16.2. The lowest BCUT2D eigenvalue weighted by Gasteiger charge is -2.46. The van der Waals surface area contributed by atoms with E-state index in [0.717, 1.165) is 25.9 Å². The van der Waals surface area contributed by atoms with Gasteiger partial charge in [0.2, 0.25) is 5.91 Å². The van der Waals surface area contributed by atoms with Crippen LogP contribution >= 0.6 is 11.3 Å². The molecule has 3 aliphatic heterocycles. The van der Waals surface area contributed by atoms with Crippen LogP contribution < -0.4 is 16.0 Å². The number of nitrogens with two attached hydrogens (primary N) is 1. The Kier molecular flexibility index (Phi) is 4.22. The zero-order valence-electron chi connectivity index (χ0n) is 13.6. The minimum absolute atomic E-state index is 0.0285. The number of amides is 2. The highest BCUT2D eigenvalue weighted by Gasteiger charge is 2.46. The fourth-order valence-electron chi connectivity index (χ4n) is 4.03. The van der Waals surface area contributed by atoms with E-state index in [1.807, 2.05) is 5.38 Å². The van der Waals surface area contributed by atoms with Crippen LogP contribution in [0, 0.1) is 11.8 Å². The number of hydrogen-bond donors (Lipinski definition) is 3. The molecular formula is C15H20N7O2S+. The maximum Gasteiger partial charge on any atom is 0.270 e. The Balaban J connectivity index is 1.39. The maximum absolute atomic E-state index is 12.6. The molecule has 2 aromatic rings. The van der Waals surface area contributed by atoms with Crippen molar-refractivity contribution in [2.24, 2.45) is 17.6 Å². The molecule has 0 spiro atoms. The number of nitrogens with zero attached hydrogens (tertiary/aromatic N) is 4. The monoisotopic (exact) mass is 362 g/mol. The van der Waals surface area contributed by atoms with Gasteiger partial charge in [0, 0.05) is 24.4 Å². The standard InChI is InChI=1S/C15H19N7O2S/c16-13(23)12-8-22(20-19-12)6-10-5-9-1-3-21(10)7-11(9)14(24)18-15-17-2-4-25-15/h2,4,8-11H,1,3,5-7H2,(H2,16,23)(H,17,18,24)/p+1/t9-,10+,11-/m0/s1. The molecule has 2 bridgehead atoms. The molecule has 3 aliphatic rings. The molecule has 4 N–H and O–H groups in total. The zero-order valence-corrected chi connectivity index (χ0v) is 14.4. The molecular weight excluding hydrogens is 342 g/mol. The maximum atomic E-state index is 12.6. The molecule has 4 atom stereocenters. The predicted molar refractivity (Wildman–Crippen MR) is 90.0 cm³/mol. The molecule has 132 valence electrons. The second kappa shape index (κ2) is 6.52. The van der Waals surface area contributed by atoms with E-state index in [1.54, 1.807) is 17.1 Å². The van der Waals surface area contributed by atoms with E-state index in [4.69, 9.17) is 5.73 Å². The van der Waals surface area contributed by atoms with E-state index in [0.29, 0.717) is 23.6 Å². The minimum Gasteiger partial charge on any atom is -0.364 e. The SMILES string of the molecule is NC(=O)c1cn(C[C@H]2C[C@@H]3CC[NH+]2C[C@@H]3C(=O)Nc2nccs2)nn1. The Hall–Kier alpha value is -2.33. The summed E-state index contributed by atoms with van der Waals surface area (Å²) in [5.74, 6) is -0.0854. The van der Waals surface area contributed by atoms with Gasteiger partial charge in [-0.2, -0.15) is 0 Å². The fraction of sp³-hybridized carbons (Fsp3) is 0.533. The summed E-state index contributed by atoms with van der Waals surface area (Å²) in [4.78, 5) is 29.2. The van der Waals surface area contributed by atoms with Gasteiger partial charge in [-0.3, -0.25) is 9.59 Å². The second-order valence-corrected chi connectivity index (χ2v) is 7.61. The predicted octanol–water partition coefficient (Wildman–Crippen LogP) is -1.23. The van der Waals surface area contributed by atoms with E-state index in [-0.39, 0.29) is 17.5 Å². The Bertz CT molecular complexity index is 775. The summed E-state index contributed by atoms with van der Waals surface area (Å²) in [5.41, 5.74) is 5.41. The number of anilines is 1. The Morgan fingerprint density at radius 1 is 1.48 bits per heavy atom. The average Bonchev–Trinajstić information content (AvgIpc) is 3.27. The van der Waals surface area contributed by atoms with Crippen molar-refractivity contribution in [2.75, 3.05) is 18.4 Å². The van der Waals surface area contributed by atoms with Crippen molar-refractivity contribution in [3.63, 3.8) is 0 Å². The smallest absolute Gasteiger partial charge is 0.270 e. The Morgan fingerprint density at radius 2 is 2.36 bits per heavy atom. The van der Waals surface area contributed by atoms with Crippen molar-refractivity contribution in [3.05, 3.63) is 23.5 Å². The van der Waals surface area contributed by atoms with Crippen LogP contribution in [0.4, 0.5) is 5.13 Å². The third-order valence-corrected chi connectivity index (χ3v) is 5.94. The average molecular weight is 362 g/mol. The minimum atomic E-state index is -0.567. The summed E-state index contributed by atoms with van der Waals surface area (Å²) >= 11 is 1.44. The van der Waals surface area contributed by atoms with Crippen molar-refractivity contribution in [1.29, 1.82) is 0 Å². The number of nitrogens with one attached hydrogen (secondary N) is 2. The van der Waals surface area contributed by atoms with Gasteiger partial charge in [0.05, 0.1) is 31.7 Å². The first-order valence-corrected chi connectivity index (χ1v) is 9.23. The summed E-state index contributed by atoms with van der Waals surface area (Å²) in [6, 6.07) is 0.380. The van der Waals surface area contributed by atoms with Gasteiger partial charge in [-0.05, 0) is 5.92 Å². The summed E-state index contributed by atoms with van der Waals surface area (Å²) < 4.78 is 1.68. The van der Waals surface area contributed by atoms with Gasteiger partial charge >= 0.3 is 0 Å². The number of carbonyl (C=O) groups is 2. The number of quaternary nitrogens is 1. The van der Waals surface area contributed by atoms with Crippen molar-refractivity contribution >= 4 is 28.3 Å². The number of hydrogen-bond acceptors (Lipinski definition) is 6. The molecule has 2 amide bonds. The molecule has 1 unspecified atom stereocenters. The van der Waals surface area contributed by atoms with Gasteiger partial charge in [0.15, 0.2) is 10.8 Å². The number of rotatable bonds is 5. The summed E-state index contributed by atoms with van der Waals surface area (Å²) in [7, 11) is 0. The van der Waals surface area contributed by atoms with E-state index >= 15 is 0 Å². The van der Waals surface area contributed by atoms with Crippen LogP contribution in [0.5, 0.6) is 0 Å². The fourth-order valence-corrected chi connectivity index (χ4v) is 4.56. The molecule has 9 nitrogen and oxygen atoms in total. The first-order chi connectivity index (χ1) is 12.1.